The van der Waals surface area contributed by atoms with E-state index in [9.17, 15) is 9.90 Å². The average molecular weight is 250 g/mol. The SMILES string of the molecule is CCOC(=O)[C@@H](/C=C/CO)[C@@H](O)c1ccccc1. The summed E-state index contributed by atoms with van der Waals surface area (Å²) in [4.78, 5) is 11.7. The van der Waals surface area contributed by atoms with Crippen molar-refractivity contribution in [2.45, 2.75) is 13.0 Å². The molecule has 18 heavy (non-hydrogen) atoms. The first kappa shape index (κ1) is 14.4. The fourth-order valence-corrected chi connectivity index (χ4v) is 1.62. The van der Waals surface area contributed by atoms with E-state index in [0.717, 1.165) is 0 Å². The van der Waals surface area contributed by atoms with Crippen LogP contribution in [0.4, 0.5) is 0 Å². The quantitative estimate of drug-likeness (QED) is 0.592. The molecule has 0 fully saturated rings. The summed E-state index contributed by atoms with van der Waals surface area (Å²) in [7, 11) is 0. The van der Waals surface area contributed by atoms with Crippen LogP contribution in [-0.2, 0) is 9.53 Å². The molecule has 98 valence electrons. The Morgan fingerprint density at radius 3 is 2.61 bits per heavy atom. The van der Waals surface area contributed by atoms with Crippen molar-refractivity contribution in [3.05, 3.63) is 48.0 Å². The Hall–Kier alpha value is -1.65. The molecule has 0 radical (unpaired) electrons. The van der Waals surface area contributed by atoms with Crippen molar-refractivity contribution in [2.24, 2.45) is 5.92 Å². The molecule has 0 bridgehead atoms. The predicted molar refractivity (Wildman–Crippen MR) is 67.8 cm³/mol. The molecule has 0 heterocycles. The van der Waals surface area contributed by atoms with Crippen LogP contribution in [0.25, 0.3) is 0 Å². The van der Waals surface area contributed by atoms with E-state index in [1.807, 2.05) is 6.07 Å². The van der Waals surface area contributed by atoms with Crippen LogP contribution >= 0.6 is 0 Å². The zero-order valence-corrected chi connectivity index (χ0v) is 10.3. The van der Waals surface area contributed by atoms with Gasteiger partial charge in [-0.1, -0.05) is 42.5 Å². The predicted octanol–water partition coefficient (Wildman–Crippen LogP) is 1.45. The molecule has 1 aromatic carbocycles. The first-order chi connectivity index (χ1) is 8.70. The third-order valence-corrected chi connectivity index (χ3v) is 2.49. The lowest BCUT2D eigenvalue weighted by Crippen LogP contribution is -2.23. The van der Waals surface area contributed by atoms with Gasteiger partial charge in [0.25, 0.3) is 0 Å². The first-order valence-corrected chi connectivity index (χ1v) is 5.87. The number of hydrogen-bond donors (Lipinski definition) is 2. The molecule has 0 saturated heterocycles. The maximum atomic E-state index is 11.7. The Bertz CT molecular complexity index is 386. The highest BCUT2D eigenvalue weighted by molar-refractivity contribution is 5.75. The van der Waals surface area contributed by atoms with E-state index in [1.54, 1.807) is 31.2 Å². The lowest BCUT2D eigenvalue weighted by molar-refractivity contribution is -0.149. The number of carbonyl (C=O) groups is 1. The van der Waals surface area contributed by atoms with E-state index in [2.05, 4.69) is 0 Å². The number of ether oxygens (including phenoxy) is 1. The van der Waals surface area contributed by atoms with E-state index in [4.69, 9.17) is 9.84 Å². The van der Waals surface area contributed by atoms with Gasteiger partial charge in [-0.25, -0.2) is 0 Å². The van der Waals surface area contributed by atoms with Gasteiger partial charge in [-0.15, -0.1) is 0 Å². The van der Waals surface area contributed by atoms with Crippen molar-refractivity contribution in [3.8, 4) is 0 Å². The van der Waals surface area contributed by atoms with Gasteiger partial charge in [0.05, 0.1) is 19.3 Å². The molecule has 0 saturated carbocycles. The summed E-state index contributed by atoms with van der Waals surface area (Å²) in [5.74, 6) is -1.31. The van der Waals surface area contributed by atoms with Crippen molar-refractivity contribution in [3.63, 3.8) is 0 Å². The molecule has 0 spiro atoms. The highest BCUT2D eigenvalue weighted by Gasteiger charge is 2.26. The molecule has 0 aliphatic heterocycles. The van der Waals surface area contributed by atoms with E-state index in [1.165, 1.54) is 12.2 Å². The zero-order valence-electron chi connectivity index (χ0n) is 10.3. The number of aliphatic hydroxyl groups is 2. The van der Waals surface area contributed by atoms with Gasteiger partial charge >= 0.3 is 5.97 Å². The summed E-state index contributed by atoms with van der Waals surface area (Å²) in [6.45, 7) is 1.78. The fraction of sp³-hybridized carbons (Fsp3) is 0.357. The second-order valence-electron chi connectivity index (χ2n) is 3.74. The molecule has 4 nitrogen and oxygen atoms in total. The van der Waals surface area contributed by atoms with E-state index in [0.29, 0.717) is 5.56 Å². The number of esters is 1. The third kappa shape index (κ3) is 3.98. The molecule has 4 heteroatoms. The smallest absolute Gasteiger partial charge is 0.315 e. The lowest BCUT2D eigenvalue weighted by Gasteiger charge is -2.18. The monoisotopic (exact) mass is 250 g/mol. The summed E-state index contributed by atoms with van der Waals surface area (Å²) < 4.78 is 4.91. The highest BCUT2D eigenvalue weighted by Crippen LogP contribution is 2.24. The molecular weight excluding hydrogens is 232 g/mol. The van der Waals surface area contributed by atoms with Gasteiger partial charge in [-0.3, -0.25) is 4.79 Å². The van der Waals surface area contributed by atoms with Gasteiger partial charge in [0, 0.05) is 0 Å². The van der Waals surface area contributed by atoms with Crippen LogP contribution in [0.1, 0.15) is 18.6 Å². The Labute approximate surface area is 107 Å². The van der Waals surface area contributed by atoms with Crippen LogP contribution in [0.15, 0.2) is 42.5 Å². The first-order valence-electron chi connectivity index (χ1n) is 5.87. The van der Waals surface area contributed by atoms with Crippen LogP contribution in [0.2, 0.25) is 0 Å². The Kier molecular flexibility index (Phi) is 6.11. The van der Waals surface area contributed by atoms with Gasteiger partial charge in [0.1, 0.15) is 5.92 Å². The zero-order chi connectivity index (χ0) is 13.4. The highest BCUT2D eigenvalue weighted by atomic mass is 16.5. The Balaban J connectivity index is 2.88. The second-order valence-corrected chi connectivity index (χ2v) is 3.74. The van der Waals surface area contributed by atoms with Crippen LogP contribution in [0.5, 0.6) is 0 Å². The average Bonchev–Trinajstić information content (AvgIpc) is 2.40. The second kappa shape index (κ2) is 7.63. The number of hydrogen-bond acceptors (Lipinski definition) is 4. The fourth-order valence-electron chi connectivity index (χ4n) is 1.62. The Morgan fingerprint density at radius 1 is 1.39 bits per heavy atom. The number of aliphatic hydroxyl groups excluding tert-OH is 2. The van der Waals surface area contributed by atoms with E-state index in [-0.39, 0.29) is 13.2 Å². The molecule has 1 aromatic rings. The van der Waals surface area contributed by atoms with Crippen molar-refractivity contribution in [1.82, 2.24) is 0 Å². The van der Waals surface area contributed by atoms with Gasteiger partial charge in [0.15, 0.2) is 0 Å². The van der Waals surface area contributed by atoms with E-state index < -0.39 is 18.0 Å². The number of benzene rings is 1. The minimum absolute atomic E-state index is 0.183. The maximum absolute atomic E-state index is 11.7. The molecule has 0 aromatic heterocycles. The van der Waals surface area contributed by atoms with Crippen LogP contribution in [0, 0.1) is 5.92 Å². The Morgan fingerprint density at radius 2 is 2.06 bits per heavy atom. The van der Waals surface area contributed by atoms with Gasteiger partial charge in [0.2, 0.25) is 0 Å². The summed E-state index contributed by atoms with van der Waals surface area (Å²) >= 11 is 0. The molecule has 1 rings (SSSR count). The van der Waals surface area contributed by atoms with Crippen LogP contribution in [0.3, 0.4) is 0 Å². The molecular formula is C14H18O4. The lowest BCUT2D eigenvalue weighted by atomic mass is 9.95. The van der Waals surface area contributed by atoms with Gasteiger partial charge in [-0.05, 0) is 12.5 Å². The standard InChI is InChI=1S/C14H18O4/c1-2-18-14(17)12(9-6-10-15)13(16)11-7-4-3-5-8-11/h3-9,12-13,15-16H,2,10H2,1H3/b9-6+/t12-,13-/m0/s1. The third-order valence-electron chi connectivity index (χ3n) is 2.49. The van der Waals surface area contributed by atoms with Gasteiger partial charge in [-0.2, -0.15) is 0 Å². The normalized spacial score (nSPS) is 14.4. The van der Waals surface area contributed by atoms with Gasteiger partial charge < -0.3 is 14.9 Å². The minimum Gasteiger partial charge on any atom is -0.465 e. The van der Waals surface area contributed by atoms with Crippen molar-refractivity contribution in [1.29, 1.82) is 0 Å². The van der Waals surface area contributed by atoms with Crippen LogP contribution in [-0.4, -0.2) is 29.4 Å². The van der Waals surface area contributed by atoms with Crippen molar-refractivity contribution >= 4 is 5.97 Å². The summed E-state index contributed by atoms with van der Waals surface area (Å²) in [5.41, 5.74) is 0.637. The van der Waals surface area contributed by atoms with Crippen molar-refractivity contribution < 1.29 is 19.7 Å². The topological polar surface area (TPSA) is 66.8 Å². The maximum Gasteiger partial charge on any atom is 0.315 e. The molecule has 0 amide bonds. The number of carbonyl (C=O) groups excluding carboxylic acids is 1. The summed E-state index contributed by atoms with van der Waals surface area (Å²) in [6.07, 6.45) is 1.91. The van der Waals surface area contributed by atoms with Crippen molar-refractivity contribution in [2.75, 3.05) is 13.2 Å². The summed E-state index contributed by atoms with van der Waals surface area (Å²) in [6, 6.07) is 8.89. The molecule has 2 atom stereocenters. The largest absolute Gasteiger partial charge is 0.465 e. The minimum atomic E-state index is -0.979. The molecule has 0 aliphatic carbocycles. The van der Waals surface area contributed by atoms with E-state index >= 15 is 0 Å². The van der Waals surface area contributed by atoms with Crippen LogP contribution < -0.4 is 0 Å². The number of rotatable bonds is 6. The molecule has 0 aliphatic rings. The summed E-state index contributed by atoms with van der Waals surface area (Å²) in [5, 5.41) is 18.9. The molecule has 2 N–H and O–H groups in total. The molecule has 0 unspecified atom stereocenters.